The Morgan fingerprint density at radius 2 is 1.27 bits per heavy atom. The van der Waals surface area contributed by atoms with Gasteiger partial charge in [-0.05, 0) is 30.9 Å². The summed E-state index contributed by atoms with van der Waals surface area (Å²) in [6.45, 7) is 2.10. The van der Waals surface area contributed by atoms with E-state index in [2.05, 4.69) is 58.4 Å². The number of pyridine rings is 1. The molecular weight excluding hydrogens is 368 g/mol. The summed E-state index contributed by atoms with van der Waals surface area (Å²) in [6.07, 6.45) is 7.52. The van der Waals surface area contributed by atoms with Gasteiger partial charge in [0.1, 0.15) is 5.82 Å². The predicted molar refractivity (Wildman–Crippen MR) is 122 cm³/mol. The second kappa shape index (κ2) is 8.46. The zero-order chi connectivity index (χ0) is 20.2. The highest BCUT2D eigenvalue weighted by atomic mass is 15.2. The van der Waals surface area contributed by atoms with Crippen molar-refractivity contribution in [2.75, 3.05) is 18.0 Å². The minimum atomic E-state index is 0.763. The van der Waals surface area contributed by atoms with Gasteiger partial charge in [-0.25, -0.2) is 9.97 Å². The van der Waals surface area contributed by atoms with Crippen LogP contribution in [0.25, 0.3) is 33.8 Å². The number of aromatic nitrogens is 3. The molecule has 30 heavy (non-hydrogen) atoms. The Hall–Kier alpha value is -3.53. The minimum absolute atomic E-state index is 0.763. The first-order chi connectivity index (χ1) is 14.9. The second-order valence-electron chi connectivity index (χ2n) is 7.68. The summed E-state index contributed by atoms with van der Waals surface area (Å²) in [5, 5.41) is 0. The van der Waals surface area contributed by atoms with Crippen molar-refractivity contribution in [3.05, 3.63) is 85.2 Å². The van der Waals surface area contributed by atoms with E-state index in [1.807, 2.05) is 36.7 Å². The summed E-state index contributed by atoms with van der Waals surface area (Å²) in [5.74, 6) is 1.77. The van der Waals surface area contributed by atoms with Gasteiger partial charge < -0.3 is 4.90 Å². The third kappa shape index (κ3) is 3.94. The molecule has 0 unspecified atom stereocenters. The van der Waals surface area contributed by atoms with Gasteiger partial charge in [-0.1, -0.05) is 60.7 Å². The van der Waals surface area contributed by atoms with Crippen molar-refractivity contribution < 1.29 is 0 Å². The van der Waals surface area contributed by atoms with Gasteiger partial charge >= 0.3 is 0 Å². The zero-order valence-corrected chi connectivity index (χ0v) is 16.9. The van der Waals surface area contributed by atoms with Crippen LogP contribution in [-0.2, 0) is 0 Å². The molecule has 2 aromatic carbocycles. The molecule has 4 nitrogen and oxygen atoms in total. The first-order valence-electron chi connectivity index (χ1n) is 10.6. The molecule has 0 bridgehead atoms. The summed E-state index contributed by atoms with van der Waals surface area (Å²) in [7, 11) is 0. The van der Waals surface area contributed by atoms with E-state index in [4.69, 9.17) is 9.97 Å². The third-order valence-electron chi connectivity index (χ3n) is 5.57. The molecule has 0 saturated carbocycles. The van der Waals surface area contributed by atoms with Crippen LogP contribution >= 0.6 is 0 Å². The predicted octanol–water partition coefficient (Wildman–Crippen LogP) is 5.86. The molecule has 1 fully saturated rings. The van der Waals surface area contributed by atoms with Crippen LogP contribution in [0.2, 0.25) is 0 Å². The van der Waals surface area contributed by atoms with Crippen LogP contribution in [0.4, 0.5) is 5.82 Å². The van der Waals surface area contributed by atoms with E-state index in [-0.39, 0.29) is 0 Å². The number of anilines is 1. The standard InChI is InChI=1S/C26H24N4/c1-4-10-20(11-5-1)22-16-23(19-27-18-22)24-17-25(30-14-8-3-9-15-30)29-26(28-24)21-12-6-2-7-13-21/h1-2,4-7,10-13,16-19H,3,8-9,14-15H2. The highest BCUT2D eigenvalue weighted by Gasteiger charge is 2.16. The lowest BCUT2D eigenvalue weighted by Gasteiger charge is -2.28. The molecule has 2 aromatic heterocycles. The summed E-state index contributed by atoms with van der Waals surface area (Å²) in [4.78, 5) is 16.7. The summed E-state index contributed by atoms with van der Waals surface area (Å²) in [5.41, 5.74) is 5.20. The normalized spacial score (nSPS) is 13.9. The molecule has 148 valence electrons. The lowest BCUT2D eigenvalue weighted by atomic mass is 10.0. The van der Waals surface area contributed by atoms with E-state index in [0.29, 0.717) is 0 Å². The first kappa shape index (κ1) is 18.5. The fraction of sp³-hybridized carbons (Fsp3) is 0.192. The van der Waals surface area contributed by atoms with E-state index in [0.717, 1.165) is 52.7 Å². The van der Waals surface area contributed by atoms with Crippen LogP contribution in [0.5, 0.6) is 0 Å². The topological polar surface area (TPSA) is 41.9 Å². The molecule has 0 spiro atoms. The molecular formula is C26H24N4. The maximum Gasteiger partial charge on any atom is 0.162 e. The Kier molecular flexibility index (Phi) is 5.21. The Balaban J connectivity index is 1.60. The van der Waals surface area contributed by atoms with Crippen molar-refractivity contribution in [2.45, 2.75) is 19.3 Å². The van der Waals surface area contributed by atoms with Gasteiger partial charge in [0.05, 0.1) is 5.69 Å². The Morgan fingerprint density at radius 3 is 2.00 bits per heavy atom. The van der Waals surface area contributed by atoms with E-state index < -0.39 is 0 Å². The lowest BCUT2D eigenvalue weighted by molar-refractivity contribution is 0.573. The minimum Gasteiger partial charge on any atom is -0.356 e. The van der Waals surface area contributed by atoms with Crippen molar-refractivity contribution in [3.8, 4) is 33.8 Å². The van der Waals surface area contributed by atoms with E-state index in [1.54, 1.807) is 0 Å². The van der Waals surface area contributed by atoms with Crippen molar-refractivity contribution in [3.63, 3.8) is 0 Å². The Labute approximate surface area is 177 Å². The first-order valence-corrected chi connectivity index (χ1v) is 10.6. The van der Waals surface area contributed by atoms with Gasteiger partial charge in [0.25, 0.3) is 0 Å². The van der Waals surface area contributed by atoms with Gasteiger partial charge in [0.15, 0.2) is 5.82 Å². The Bertz CT molecular complexity index is 1120. The fourth-order valence-electron chi connectivity index (χ4n) is 3.95. The molecule has 1 saturated heterocycles. The van der Waals surface area contributed by atoms with Gasteiger partial charge in [-0.15, -0.1) is 0 Å². The van der Waals surface area contributed by atoms with Crippen molar-refractivity contribution in [2.24, 2.45) is 0 Å². The SMILES string of the molecule is c1ccc(-c2cncc(-c3cc(N4CCCCC4)nc(-c4ccccc4)n3)c2)cc1. The highest BCUT2D eigenvalue weighted by molar-refractivity contribution is 5.73. The van der Waals surface area contributed by atoms with Crippen molar-refractivity contribution in [1.82, 2.24) is 15.0 Å². The molecule has 4 heteroatoms. The molecule has 3 heterocycles. The highest BCUT2D eigenvalue weighted by Crippen LogP contribution is 2.29. The van der Waals surface area contributed by atoms with Crippen LogP contribution in [0.15, 0.2) is 85.2 Å². The number of nitrogens with zero attached hydrogens (tertiary/aromatic N) is 4. The molecule has 1 aliphatic rings. The van der Waals surface area contributed by atoms with E-state index in [1.165, 1.54) is 19.3 Å². The maximum absolute atomic E-state index is 4.93. The zero-order valence-electron chi connectivity index (χ0n) is 16.9. The molecule has 0 aliphatic carbocycles. The van der Waals surface area contributed by atoms with Crippen molar-refractivity contribution >= 4 is 5.82 Å². The van der Waals surface area contributed by atoms with Crippen LogP contribution in [0.3, 0.4) is 0 Å². The number of hydrogen-bond acceptors (Lipinski definition) is 4. The quantitative estimate of drug-likeness (QED) is 0.436. The summed E-state index contributed by atoms with van der Waals surface area (Å²) in [6, 6.07) is 24.8. The fourth-order valence-corrected chi connectivity index (χ4v) is 3.95. The van der Waals surface area contributed by atoms with Crippen molar-refractivity contribution in [1.29, 1.82) is 0 Å². The Morgan fingerprint density at radius 1 is 0.600 bits per heavy atom. The molecule has 4 aromatic rings. The van der Waals surface area contributed by atoms with Gasteiger partial charge in [0.2, 0.25) is 0 Å². The largest absolute Gasteiger partial charge is 0.356 e. The smallest absolute Gasteiger partial charge is 0.162 e. The number of rotatable bonds is 4. The lowest BCUT2D eigenvalue weighted by Crippen LogP contribution is -2.30. The van der Waals surface area contributed by atoms with Gasteiger partial charge in [0, 0.05) is 48.2 Å². The molecule has 0 N–H and O–H groups in total. The maximum atomic E-state index is 4.93. The van der Waals surface area contributed by atoms with E-state index >= 15 is 0 Å². The number of hydrogen-bond donors (Lipinski definition) is 0. The third-order valence-corrected chi connectivity index (χ3v) is 5.57. The van der Waals surface area contributed by atoms with Crippen LogP contribution in [-0.4, -0.2) is 28.0 Å². The molecule has 0 radical (unpaired) electrons. The molecule has 0 amide bonds. The number of piperidine rings is 1. The van der Waals surface area contributed by atoms with Crippen LogP contribution in [0.1, 0.15) is 19.3 Å². The van der Waals surface area contributed by atoms with E-state index in [9.17, 15) is 0 Å². The summed E-state index contributed by atoms with van der Waals surface area (Å²) >= 11 is 0. The summed E-state index contributed by atoms with van der Waals surface area (Å²) < 4.78 is 0. The molecule has 1 aliphatic heterocycles. The molecule has 5 rings (SSSR count). The van der Waals surface area contributed by atoms with Gasteiger partial charge in [-0.2, -0.15) is 0 Å². The average Bonchev–Trinajstić information content (AvgIpc) is 2.85. The number of benzene rings is 2. The second-order valence-corrected chi connectivity index (χ2v) is 7.68. The molecule has 0 atom stereocenters. The monoisotopic (exact) mass is 392 g/mol. The van der Waals surface area contributed by atoms with Gasteiger partial charge in [-0.3, -0.25) is 4.98 Å². The van der Waals surface area contributed by atoms with Crippen LogP contribution in [0, 0.1) is 0 Å². The average molecular weight is 393 g/mol. The van der Waals surface area contributed by atoms with Crippen LogP contribution < -0.4 is 4.90 Å².